The zero-order chi connectivity index (χ0) is 8.43. The van der Waals surface area contributed by atoms with Crippen LogP contribution in [0.25, 0.3) is 0 Å². The number of nitro groups is 1. The molecule has 58 valence electrons. The molecule has 1 rings (SSSR count). The third kappa shape index (κ3) is 1.43. The van der Waals surface area contributed by atoms with Crippen molar-refractivity contribution in [2.45, 2.75) is 6.42 Å². The van der Waals surface area contributed by atoms with Crippen LogP contribution in [0.3, 0.4) is 0 Å². The maximum atomic E-state index is 10.1. The van der Waals surface area contributed by atoms with E-state index in [2.05, 4.69) is 0 Å². The molecule has 1 aliphatic carbocycles. The van der Waals surface area contributed by atoms with Crippen LogP contribution in [0.5, 0.6) is 0 Å². The lowest BCUT2D eigenvalue weighted by Crippen LogP contribution is -2.11. The second kappa shape index (κ2) is 2.53. The van der Waals surface area contributed by atoms with Crippen LogP contribution in [0.1, 0.15) is 6.42 Å². The highest BCUT2D eigenvalue weighted by Gasteiger charge is 2.18. The van der Waals surface area contributed by atoms with Gasteiger partial charge in [0.05, 0.1) is 17.1 Å². The first-order valence-corrected chi connectivity index (χ1v) is 2.93. The Bertz CT molecular complexity index is 278. The summed E-state index contributed by atoms with van der Waals surface area (Å²) in [5.41, 5.74) is -0.174. The molecule has 0 atom stereocenters. The minimum atomic E-state index is -0.558. The molecule has 1 aliphatic rings. The van der Waals surface area contributed by atoms with Gasteiger partial charge in [-0.25, -0.2) is 0 Å². The predicted molar refractivity (Wildman–Crippen MR) is 38.1 cm³/mol. The highest BCUT2D eigenvalue weighted by molar-refractivity contribution is 5.98. The molecule has 0 saturated heterocycles. The van der Waals surface area contributed by atoms with Crippen LogP contribution in [0.15, 0.2) is 23.6 Å². The fraction of sp³-hybridized carbons (Fsp3) is 0.167. The summed E-state index contributed by atoms with van der Waals surface area (Å²) in [6.45, 7) is 0. The normalized spacial score (nSPS) is 17.3. The molecule has 0 amide bonds. The summed E-state index contributed by atoms with van der Waals surface area (Å²) in [6, 6.07) is 0. The van der Waals surface area contributed by atoms with Gasteiger partial charge in [-0.05, 0) is 6.08 Å². The van der Waals surface area contributed by atoms with Crippen molar-refractivity contribution >= 4 is 5.71 Å². The van der Waals surface area contributed by atoms with E-state index in [1.807, 2.05) is 0 Å². The van der Waals surface area contributed by atoms with Crippen molar-refractivity contribution in [2.75, 3.05) is 0 Å². The van der Waals surface area contributed by atoms with Crippen molar-refractivity contribution in [1.29, 1.82) is 5.41 Å². The molecular formula is C6H6N2O3. The molecule has 0 aliphatic heterocycles. The van der Waals surface area contributed by atoms with Crippen molar-refractivity contribution in [2.24, 2.45) is 0 Å². The largest absolute Gasteiger partial charge is 0.506 e. The van der Waals surface area contributed by atoms with E-state index in [-0.39, 0.29) is 23.6 Å². The van der Waals surface area contributed by atoms with E-state index >= 15 is 0 Å². The van der Waals surface area contributed by atoms with Gasteiger partial charge in [0.1, 0.15) is 5.76 Å². The minimum absolute atomic E-state index is 0.0622. The number of aliphatic hydroxyl groups is 1. The first-order valence-electron chi connectivity index (χ1n) is 2.93. The van der Waals surface area contributed by atoms with E-state index in [1.54, 1.807) is 0 Å². The van der Waals surface area contributed by atoms with E-state index in [4.69, 9.17) is 10.5 Å². The Morgan fingerprint density at radius 2 is 2.27 bits per heavy atom. The molecule has 0 spiro atoms. The Hall–Kier alpha value is -1.65. The van der Waals surface area contributed by atoms with Gasteiger partial charge in [-0.15, -0.1) is 0 Å². The average Bonchev–Trinajstić information content (AvgIpc) is 1.94. The van der Waals surface area contributed by atoms with Crippen LogP contribution in [0.2, 0.25) is 0 Å². The number of allylic oxidation sites excluding steroid dienone is 4. The van der Waals surface area contributed by atoms with E-state index in [0.717, 1.165) is 6.08 Å². The number of hydrogen-bond acceptors (Lipinski definition) is 4. The minimum Gasteiger partial charge on any atom is -0.506 e. The predicted octanol–water partition coefficient (Wildman–Crippen LogP) is 1.01. The summed E-state index contributed by atoms with van der Waals surface area (Å²) in [6.07, 6.45) is 2.26. The lowest BCUT2D eigenvalue weighted by Gasteiger charge is -2.04. The number of aliphatic hydroxyl groups excluding tert-OH is 1. The molecule has 0 aromatic carbocycles. The fourth-order valence-corrected chi connectivity index (χ4v) is 0.732. The van der Waals surface area contributed by atoms with Crippen molar-refractivity contribution < 1.29 is 10.0 Å². The molecule has 0 bridgehead atoms. The SMILES string of the molecule is N=C1CC([N+](=O)[O-])=CC=C1O. The lowest BCUT2D eigenvalue weighted by molar-refractivity contribution is -0.426. The first-order chi connectivity index (χ1) is 5.11. The third-order valence-corrected chi connectivity index (χ3v) is 1.34. The maximum Gasteiger partial charge on any atom is 0.252 e. The van der Waals surface area contributed by atoms with Gasteiger partial charge in [0, 0.05) is 6.08 Å². The monoisotopic (exact) mass is 154 g/mol. The molecule has 0 aromatic heterocycles. The molecule has 11 heavy (non-hydrogen) atoms. The topological polar surface area (TPSA) is 87.2 Å². The van der Waals surface area contributed by atoms with Gasteiger partial charge >= 0.3 is 0 Å². The van der Waals surface area contributed by atoms with Crippen LogP contribution >= 0.6 is 0 Å². The van der Waals surface area contributed by atoms with Crippen molar-refractivity contribution in [1.82, 2.24) is 0 Å². The quantitative estimate of drug-likeness (QED) is 0.436. The highest BCUT2D eigenvalue weighted by atomic mass is 16.6. The molecule has 5 nitrogen and oxygen atoms in total. The molecule has 0 aromatic rings. The maximum absolute atomic E-state index is 10.1. The van der Waals surface area contributed by atoms with Gasteiger partial charge in [0.15, 0.2) is 0 Å². The Labute approximate surface area is 62.3 Å². The van der Waals surface area contributed by atoms with Crippen LogP contribution in [0, 0.1) is 15.5 Å². The van der Waals surface area contributed by atoms with Crippen LogP contribution in [0.4, 0.5) is 0 Å². The first kappa shape index (κ1) is 7.46. The van der Waals surface area contributed by atoms with Gasteiger partial charge in [-0.1, -0.05) is 0 Å². The van der Waals surface area contributed by atoms with Crippen LogP contribution in [-0.4, -0.2) is 15.7 Å². The summed E-state index contributed by atoms with van der Waals surface area (Å²) >= 11 is 0. The highest BCUT2D eigenvalue weighted by Crippen LogP contribution is 2.13. The Balaban J connectivity index is 2.90. The molecule has 0 heterocycles. The summed E-state index contributed by atoms with van der Waals surface area (Å²) in [5, 5.41) is 26.0. The van der Waals surface area contributed by atoms with Crippen LogP contribution < -0.4 is 0 Å². The van der Waals surface area contributed by atoms with Crippen LogP contribution in [-0.2, 0) is 0 Å². The van der Waals surface area contributed by atoms with Gasteiger partial charge < -0.3 is 10.5 Å². The van der Waals surface area contributed by atoms with Crippen molar-refractivity contribution in [3.8, 4) is 0 Å². The number of rotatable bonds is 1. The van der Waals surface area contributed by atoms with Crippen molar-refractivity contribution in [3.05, 3.63) is 33.7 Å². The number of nitrogens with one attached hydrogen (secondary N) is 1. The van der Waals surface area contributed by atoms with Gasteiger partial charge in [0.2, 0.25) is 0 Å². The van der Waals surface area contributed by atoms with E-state index < -0.39 is 4.92 Å². The summed E-state index contributed by atoms with van der Waals surface area (Å²) in [4.78, 5) is 9.58. The molecule has 2 N–H and O–H groups in total. The lowest BCUT2D eigenvalue weighted by atomic mass is 10.1. The molecule has 5 heteroatoms. The molecule has 0 radical (unpaired) electrons. The summed E-state index contributed by atoms with van der Waals surface area (Å²) in [7, 11) is 0. The molecule has 0 fully saturated rings. The van der Waals surface area contributed by atoms with Crippen molar-refractivity contribution in [3.63, 3.8) is 0 Å². The fourth-order valence-electron chi connectivity index (χ4n) is 0.732. The van der Waals surface area contributed by atoms with Gasteiger partial charge in [0.25, 0.3) is 5.70 Å². The number of hydrogen-bond donors (Lipinski definition) is 2. The summed E-state index contributed by atoms with van der Waals surface area (Å²) in [5.74, 6) is -0.199. The zero-order valence-corrected chi connectivity index (χ0v) is 5.57. The van der Waals surface area contributed by atoms with E-state index in [9.17, 15) is 10.1 Å². The molecule has 0 unspecified atom stereocenters. The second-order valence-corrected chi connectivity index (χ2v) is 2.12. The number of nitrogens with zero attached hydrogens (tertiary/aromatic N) is 1. The third-order valence-electron chi connectivity index (χ3n) is 1.34. The van der Waals surface area contributed by atoms with E-state index in [0.29, 0.717) is 0 Å². The standard InChI is InChI=1S/C6H6N2O3/c7-5-3-4(8(10)11)1-2-6(5)9/h1-2,7,9H,3H2. The molecule has 0 saturated carbocycles. The summed E-state index contributed by atoms with van der Waals surface area (Å²) < 4.78 is 0. The van der Waals surface area contributed by atoms with Gasteiger partial charge in [-0.2, -0.15) is 0 Å². The Kier molecular flexibility index (Phi) is 1.72. The Morgan fingerprint density at radius 3 is 2.73 bits per heavy atom. The van der Waals surface area contributed by atoms with Gasteiger partial charge in [-0.3, -0.25) is 10.1 Å². The average molecular weight is 154 g/mol. The zero-order valence-electron chi connectivity index (χ0n) is 5.57. The second-order valence-electron chi connectivity index (χ2n) is 2.12. The Morgan fingerprint density at radius 1 is 1.64 bits per heavy atom. The smallest absolute Gasteiger partial charge is 0.252 e. The van der Waals surface area contributed by atoms with E-state index in [1.165, 1.54) is 6.08 Å². The molecular weight excluding hydrogens is 148 g/mol.